The number of nitrogens with one attached hydrogen (secondary N) is 2. The third kappa shape index (κ3) is 4.80. The first-order chi connectivity index (χ1) is 12.0. The number of rotatable bonds is 5. The van der Waals surface area contributed by atoms with Gasteiger partial charge in [0.15, 0.2) is 0 Å². The van der Waals surface area contributed by atoms with E-state index in [9.17, 15) is 17.6 Å². The topological polar surface area (TPSA) is 78.5 Å². The van der Waals surface area contributed by atoms with Crippen LogP contribution in [0, 0.1) is 5.82 Å². The molecule has 0 aliphatic carbocycles. The number of carbonyl (C=O) groups excluding carboxylic acids is 1. The number of carbonyl (C=O) groups is 1. The maximum atomic E-state index is 13.5. The molecule has 3 rings (SSSR count). The molecule has 6 nitrogen and oxygen atoms in total. The van der Waals surface area contributed by atoms with Crippen molar-refractivity contribution in [1.29, 1.82) is 0 Å². The average Bonchev–Trinajstić information content (AvgIpc) is 3.15. The van der Waals surface area contributed by atoms with Gasteiger partial charge in [0.05, 0.1) is 12.6 Å². The summed E-state index contributed by atoms with van der Waals surface area (Å²) in [5.41, 5.74) is 0.682. The van der Waals surface area contributed by atoms with Crippen LogP contribution in [0.1, 0.15) is 11.6 Å². The number of halogens is 2. The zero-order chi connectivity index (χ0) is 17.9. The van der Waals surface area contributed by atoms with Crippen molar-refractivity contribution in [2.24, 2.45) is 0 Å². The standard InChI is InChI=1S/C16H18FN3O3S2.ClH/c17-13-4-1-3-12(9-13)14-10-18-6-7-20(14)15(21)11-19-25(22,23)16-5-2-8-24-16;/h1-5,8-9,14,18-19H,6-7,10-11H2;1H. The SMILES string of the molecule is Cl.O=C(CNS(=O)(=O)c1cccs1)N1CCNCC1c1cccc(F)c1. The first kappa shape index (κ1) is 20.8. The number of hydrogen-bond donors (Lipinski definition) is 2. The van der Waals surface area contributed by atoms with Crippen LogP contribution in [0.5, 0.6) is 0 Å². The van der Waals surface area contributed by atoms with Gasteiger partial charge in [0, 0.05) is 19.6 Å². The van der Waals surface area contributed by atoms with E-state index in [1.165, 1.54) is 18.2 Å². The molecule has 0 saturated carbocycles. The molecule has 142 valence electrons. The monoisotopic (exact) mass is 419 g/mol. The molecule has 2 aromatic rings. The molecule has 26 heavy (non-hydrogen) atoms. The fraction of sp³-hybridized carbons (Fsp3) is 0.312. The Balaban J connectivity index is 0.00000243. The summed E-state index contributed by atoms with van der Waals surface area (Å²) in [5.74, 6) is -0.704. The minimum atomic E-state index is -3.69. The van der Waals surface area contributed by atoms with Crippen molar-refractivity contribution in [3.05, 3.63) is 53.2 Å². The van der Waals surface area contributed by atoms with E-state index in [1.54, 1.807) is 28.5 Å². The second kappa shape index (κ2) is 8.92. The molecule has 10 heteroatoms. The van der Waals surface area contributed by atoms with Crippen molar-refractivity contribution >= 4 is 39.7 Å². The van der Waals surface area contributed by atoms with E-state index in [2.05, 4.69) is 10.0 Å². The molecule has 1 aliphatic heterocycles. The summed E-state index contributed by atoms with van der Waals surface area (Å²) in [7, 11) is -3.69. The van der Waals surface area contributed by atoms with Gasteiger partial charge in [-0.2, -0.15) is 0 Å². The van der Waals surface area contributed by atoms with Gasteiger partial charge in [0.25, 0.3) is 10.0 Å². The molecule has 1 aromatic carbocycles. The Kier molecular flexibility index (Phi) is 7.13. The molecule has 1 aliphatic rings. The van der Waals surface area contributed by atoms with E-state index in [-0.39, 0.29) is 40.9 Å². The Labute approximate surface area is 161 Å². The zero-order valence-electron chi connectivity index (χ0n) is 13.7. The van der Waals surface area contributed by atoms with E-state index in [0.717, 1.165) is 11.3 Å². The second-order valence-electron chi connectivity index (χ2n) is 5.62. The summed E-state index contributed by atoms with van der Waals surface area (Å²) < 4.78 is 40.3. The van der Waals surface area contributed by atoms with Gasteiger partial charge in [-0.15, -0.1) is 23.7 Å². The predicted octanol–water partition coefficient (Wildman–Crippen LogP) is 1.76. The van der Waals surface area contributed by atoms with E-state index >= 15 is 0 Å². The van der Waals surface area contributed by atoms with Crippen LogP contribution in [0.15, 0.2) is 46.0 Å². The molecule has 1 fully saturated rings. The molecule has 1 atom stereocenters. The van der Waals surface area contributed by atoms with Crippen LogP contribution < -0.4 is 10.0 Å². The summed E-state index contributed by atoms with van der Waals surface area (Å²) in [6.07, 6.45) is 0. The molecular formula is C16H19ClFN3O3S2. The molecular weight excluding hydrogens is 401 g/mol. The smallest absolute Gasteiger partial charge is 0.250 e. The lowest BCUT2D eigenvalue weighted by Gasteiger charge is -2.36. The van der Waals surface area contributed by atoms with Crippen molar-refractivity contribution in [2.45, 2.75) is 10.3 Å². The van der Waals surface area contributed by atoms with E-state index in [0.29, 0.717) is 25.2 Å². The number of thiophene rings is 1. The van der Waals surface area contributed by atoms with Crippen LogP contribution >= 0.6 is 23.7 Å². The quantitative estimate of drug-likeness (QED) is 0.774. The van der Waals surface area contributed by atoms with Gasteiger partial charge in [0.2, 0.25) is 5.91 Å². The maximum Gasteiger partial charge on any atom is 0.250 e. The highest BCUT2D eigenvalue weighted by atomic mass is 35.5. The van der Waals surface area contributed by atoms with Crippen LogP contribution in [-0.4, -0.2) is 45.4 Å². The lowest BCUT2D eigenvalue weighted by Crippen LogP contribution is -2.51. The number of hydrogen-bond acceptors (Lipinski definition) is 5. The number of benzene rings is 1. The van der Waals surface area contributed by atoms with Crippen molar-refractivity contribution in [3.8, 4) is 0 Å². The summed E-state index contributed by atoms with van der Waals surface area (Å²) in [4.78, 5) is 14.1. The Morgan fingerprint density at radius 1 is 1.35 bits per heavy atom. The van der Waals surface area contributed by atoms with Crippen molar-refractivity contribution in [3.63, 3.8) is 0 Å². The Bertz CT molecular complexity index is 846. The Morgan fingerprint density at radius 2 is 2.15 bits per heavy atom. The van der Waals surface area contributed by atoms with Crippen LogP contribution in [0.2, 0.25) is 0 Å². The number of nitrogens with zero attached hydrogens (tertiary/aromatic N) is 1. The highest BCUT2D eigenvalue weighted by Crippen LogP contribution is 2.23. The van der Waals surface area contributed by atoms with Crippen molar-refractivity contribution in [2.75, 3.05) is 26.2 Å². The Morgan fingerprint density at radius 3 is 2.85 bits per heavy atom. The van der Waals surface area contributed by atoms with Gasteiger partial charge in [-0.05, 0) is 29.1 Å². The van der Waals surface area contributed by atoms with E-state index in [4.69, 9.17) is 0 Å². The molecule has 1 saturated heterocycles. The number of amides is 1. The lowest BCUT2D eigenvalue weighted by atomic mass is 10.0. The zero-order valence-corrected chi connectivity index (χ0v) is 16.2. The molecule has 1 amide bonds. The fourth-order valence-corrected chi connectivity index (χ4v) is 4.77. The first-order valence-corrected chi connectivity index (χ1v) is 10.1. The largest absolute Gasteiger partial charge is 0.332 e. The van der Waals surface area contributed by atoms with Gasteiger partial charge in [0.1, 0.15) is 10.0 Å². The van der Waals surface area contributed by atoms with E-state index in [1.807, 2.05) is 0 Å². The van der Waals surface area contributed by atoms with Gasteiger partial charge in [-0.3, -0.25) is 4.79 Å². The molecule has 0 radical (unpaired) electrons. The van der Waals surface area contributed by atoms with Crippen LogP contribution in [0.4, 0.5) is 4.39 Å². The summed E-state index contributed by atoms with van der Waals surface area (Å²) in [6.45, 7) is 1.20. The molecule has 1 unspecified atom stereocenters. The third-order valence-corrected chi connectivity index (χ3v) is 6.77. The fourth-order valence-electron chi connectivity index (χ4n) is 2.76. The average molecular weight is 420 g/mol. The lowest BCUT2D eigenvalue weighted by molar-refractivity contribution is -0.133. The predicted molar refractivity (Wildman–Crippen MR) is 100 cm³/mol. The van der Waals surface area contributed by atoms with Crippen molar-refractivity contribution < 1.29 is 17.6 Å². The third-order valence-electron chi connectivity index (χ3n) is 3.97. The minimum Gasteiger partial charge on any atom is -0.332 e. The van der Waals surface area contributed by atoms with Crippen LogP contribution in [0.3, 0.4) is 0 Å². The summed E-state index contributed by atoms with van der Waals surface area (Å²) in [5, 5.41) is 4.84. The normalized spacial score (nSPS) is 17.6. The first-order valence-electron chi connectivity index (χ1n) is 7.76. The van der Waals surface area contributed by atoms with Gasteiger partial charge in [-0.1, -0.05) is 18.2 Å². The van der Waals surface area contributed by atoms with Gasteiger partial charge < -0.3 is 10.2 Å². The van der Waals surface area contributed by atoms with Crippen molar-refractivity contribution in [1.82, 2.24) is 14.9 Å². The highest BCUT2D eigenvalue weighted by molar-refractivity contribution is 7.91. The molecule has 0 bridgehead atoms. The Hall–Kier alpha value is -1.52. The summed E-state index contributed by atoms with van der Waals surface area (Å²) in [6, 6.07) is 8.89. The summed E-state index contributed by atoms with van der Waals surface area (Å²) >= 11 is 1.09. The van der Waals surface area contributed by atoms with E-state index < -0.39 is 10.0 Å². The molecule has 0 spiro atoms. The minimum absolute atomic E-state index is 0. The number of sulfonamides is 1. The van der Waals surface area contributed by atoms with Gasteiger partial charge >= 0.3 is 0 Å². The maximum absolute atomic E-state index is 13.5. The molecule has 2 N–H and O–H groups in total. The van der Waals surface area contributed by atoms with Gasteiger partial charge in [-0.25, -0.2) is 17.5 Å². The molecule has 2 heterocycles. The van der Waals surface area contributed by atoms with Crippen LogP contribution in [-0.2, 0) is 14.8 Å². The number of piperazine rings is 1. The van der Waals surface area contributed by atoms with Crippen LogP contribution in [0.25, 0.3) is 0 Å². The molecule has 1 aromatic heterocycles. The second-order valence-corrected chi connectivity index (χ2v) is 8.56. The highest BCUT2D eigenvalue weighted by Gasteiger charge is 2.29.